The monoisotopic (exact) mass is 318 g/mol. The third kappa shape index (κ3) is 1.98. The van der Waals surface area contributed by atoms with Gasteiger partial charge in [-0.3, -0.25) is 9.69 Å². The summed E-state index contributed by atoms with van der Waals surface area (Å²) in [6.07, 6.45) is -1.43. The summed E-state index contributed by atoms with van der Waals surface area (Å²) in [5.74, 6) is 1.44. The normalized spacial score (nSPS) is 20.6. The van der Waals surface area contributed by atoms with Crippen molar-refractivity contribution in [3.8, 4) is 0 Å². The van der Waals surface area contributed by atoms with Gasteiger partial charge >= 0.3 is 6.09 Å². The number of hydrogen-bond donors (Lipinski definition) is 2. The standard InChI is InChI=1S/C14H14N4O3S/c15-13(19)11-7-18(14(20)21-11)9-1-2-10-8(5-9)6-12-16-22-4-3-17(10)12/h1-2,5-6,11,16H,3-4,7H2,(H2,15,19). The number of hydrogen-bond acceptors (Lipinski definition) is 5. The number of cyclic esters (lactones) is 1. The molecule has 2 aliphatic rings. The molecule has 114 valence electrons. The Hall–Kier alpha value is -2.35. The van der Waals surface area contributed by atoms with Gasteiger partial charge in [-0.05, 0) is 36.2 Å². The summed E-state index contributed by atoms with van der Waals surface area (Å²) >= 11 is 1.68. The van der Waals surface area contributed by atoms with Gasteiger partial charge < -0.3 is 19.8 Å². The predicted octanol–water partition coefficient (Wildman–Crippen LogP) is 1.53. The van der Waals surface area contributed by atoms with Crippen LogP contribution < -0.4 is 15.4 Å². The van der Waals surface area contributed by atoms with Crippen molar-refractivity contribution in [2.45, 2.75) is 12.6 Å². The molecule has 8 heteroatoms. The lowest BCUT2D eigenvalue weighted by Gasteiger charge is -2.17. The third-order valence-electron chi connectivity index (χ3n) is 3.92. The molecule has 0 bridgehead atoms. The second-order valence-electron chi connectivity index (χ2n) is 5.26. The summed E-state index contributed by atoms with van der Waals surface area (Å²) in [4.78, 5) is 24.5. The van der Waals surface area contributed by atoms with Crippen molar-refractivity contribution in [3.63, 3.8) is 0 Å². The highest BCUT2D eigenvalue weighted by atomic mass is 32.2. The molecule has 1 aromatic carbocycles. The predicted molar refractivity (Wildman–Crippen MR) is 84.8 cm³/mol. The molecule has 0 radical (unpaired) electrons. The Bertz CT molecular complexity index is 788. The number of ether oxygens (including phenoxy) is 1. The second kappa shape index (κ2) is 4.84. The molecule has 3 N–H and O–H groups in total. The molecule has 3 heterocycles. The molecule has 2 amide bonds. The van der Waals surface area contributed by atoms with Crippen LogP contribution >= 0.6 is 11.9 Å². The van der Waals surface area contributed by atoms with Crippen LogP contribution in [0.3, 0.4) is 0 Å². The molecule has 0 aliphatic carbocycles. The van der Waals surface area contributed by atoms with Crippen LogP contribution in [0.1, 0.15) is 0 Å². The van der Waals surface area contributed by atoms with Crippen LogP contribution in [-0.2, 0) is 16.1 Å². The summed E-state index contributed by atoms with van der Waals surface area (Å²) in [5.41, 5.74) is 7.02. The topological polar surface area (TPSA) is 89.6 Å². The maximum absolute atomic E-state index is 11.9. The van der Waals surface area contributed by atoms with Gasteiger partial charge in [0.2, 0.25) is 0 Å². The fraction of sp³-hybridized carbons (Fsp3) is 0.286. The van der Waals surface area contributed by atoms with Crippen LogP contribution in [-0.4, -0.2) is 35.0 Å². The molecule has 0 saturated carbocycles. The molecule has 1 saturated heterocycles. The Labute approximate surface area is 130 Å². The van der Waals surface area contributed by atoms with E-state index in [-0.39, 0.29) is 6.54 Å². The zero-order chi connectivity index (χ0) is 15.3. The van der Waals surface area contributed by atoms with Crippen LogP contribution in [0.4, 0.5) is 16.3 Å². The lowest BCUT2D eigenvalue weighted by molar-refractivity contribution is -0.124. The molecule has 2 aliphatic heterocycles. The average Bonchev–Trinajstić information content (AvgIpc) is 3.07. The number of nitrogens with two attached hydrogens (primary N) is 1. The van der Waals surface area contributed by atoms with Crippen LogP contribution in [0, 0.1) is 0 Å². The summed E-state index contributed by atoms with van der Waals surface area (Å²) in [6.45, 7) is 1.10. The van der Waals surface area contributed by atoms with Crippen molar-refractivity contribution >= 4 is 46.4 Å². The van der Waals surface area contributed by atoms with E-state index in [9.17, 15) is 9.59 Å². The molecule has 1 fully saturated rings. The van der Waals surface area contributed by atoms with Crippen molar-refractivity contribution in [1.82, 2.24) is 4.57 Å². The van der Waals surface area contributed by atoms with E-state index in [2.05, 4.69) is 15.4 Å². The minimum absolute atomic E-state index is 0.154. The van der Waals surface area contributed by atoms with E-state index in [0.29, 0.717) is 5.69 Å². The zero-order valence-electron chi connectivity index (χ0n) is 11.6. The van der Waals surface area contributed by atoms with E-state index in [4.69, 9.17) is 10.5 Å². The summed E-state index contributed by atoms with van der Waals surface area (Å²) < 4.78 is 10.5. The number of rotatable bonds is 2. The van der Waals surface area contributed by atoms with Crippen molar-refractivity contribution in [2.24, 2.45) is 5.73 Å². The number of nitrogens with one attached hydrogen (secondary N) is 1. The number of nitrogens with zero attached hydrogens (tertiary/aromatic N) is 2. The number of primary amides is 1. The Morgan fingerprint density at radius 2 is 2.27 bits per heavy atom. The van der Waals surface area contributed by atoms with E-state index in [1.54, 1.807) is 11.9 Å². The van der Waals surface area contributed by atoms with E-state index < -0.39 is 18.1 Å². The van der Waals surface area contributed by atoms with Crippen molar-refractivity contribution < 1.29 is 14.3 Å². The molecule has 22 heavy (non-hydrogen) atoms. The van der Waals surface area contributed by atoms with Crippen molar-refractivity contribution in [2.75, 3.05) is 21.9 Å². The van der Waals surface area contributed by atoms with Gasteiger partial charge in [0.15, 0.2) is 6.10 Å². The molecule has 2 aromatic rings. The minimum Gasteiger partial charge on any atom is -0.434 e. The summed E-state index contributed by atoms with van der Waals surface area (Å²) in [7, 11) is 0. The molecular weight excluding hydrogens is 304 g/mol. The first-order valence-corrected chi connectivity index (χ1v) is 7.90. The van der Waals surface area contributed by atoms with Crippen molar-refractivity contribution in [1.29, 1.82) is 0 Å². The van der Waals surface area contributed by atoms with Gasteiger partial charge in [-0.15, -0.1) is 0 Å². The summed E-state index contributed by atoms with van der Waals surface area (Å²) in [6, 6.07) is 7.83. The molecule has 7 nitrogen and oxygen atoms in total. The molecule has 4 rings (SSSR count). The Morgan fingerprint density at radius 3 is 3.05 bits per heavy atom. The number of aromatic nitrogens is 1. The first kappa shape index (κ1) is 13.3. The lowest BCUT2D eigenvalue weighted by atomic mass is 10.2. The van der Waals surface area contributed by atoms with Gasteiger partial charge in [0.25, 0.3) is 5.91 Å². The number of carbonyl (C=O) groups excluding carboxylic acids is 2. The van der Waals surface area contributed by atoms with Gasteiger partial charge in [0, 0.05) is 28.9 Å². The molecule has 1 aromatic heterocycles. The largest absolute Gasteiger partial charge is 0.434 e. The Balaban J connectivity index is 1.71. The average molecular weight is 318 g/mol. The highest BCUT2D eigenvalue weighted by molar-refractivity contribution is 8.00. The minimum atomic E-state index is -0.886. The van der Waals surface area contributed by atoms with Gasteiger partial charge in [0.05, 0.1) is 6.54 Å². The smallest absolute Gasteiger partial charge is 0.415 e. The molecule has 1 unspecified atom stereocenters. The second-order valence-corrected chi connectivity index (χ2v) is 6.16. The number of fused-ring (bicyclic) bond motifs is 3. The highest BCUT2D eigenvalue weighted by Gasteiger charge is 2.35. The lowest BCUT2D eigenvalue weighted by Crippen LogP contribution is -2.32. The number of anilines is 2. The van der Waals surface area contributed by atoms with E-state index in [0.717, 1.165) is 29.0 Å². The van der Waals surface area contributed by atoms with Crippen molar-refractivity contribution in [3.05, 3.63) is 24.3 Å². The van der Waals surface area contributed by atoms with Gasteiger partial charge in [-0.2, -0.15) is 0 Å². The number of amides is 2. The summed E-state index contributed by atoms with van der Waals surface area (Å²) in [5, 5.41) is 1.04. The highest BCUT2D eigenvalue weighted by Crippen LogP contribution is 2.32. The Kier molecular flexibility index (Phi) is 2.93. The van der Waals surface area contributed by atoms with Gasteiger partial charge in [-0.25, -0.2) is 4.79 Å². The van der Waals surface area contributed by atoms with Crippen LogP contribution in [0.15, 0.2) is 24.3 Å². The SMILES string of the molecule is NC(=O)C1CN(c2ccc3c(c2)cc2n3CCSN2)C(=O)O1. The Morgan fingerprint density at radius 1 is 1.41 bits per heavy atom. The van der Waals surface area contributed by atoms with E-state index >= 15 is 0 Å². The van der Waals surface area contributed by atoms with Crippen LogP contribution in [0.5, 0.6) is 0 Å². The molecule has 0 spiro atoms. The quantitative estimate of drug-likeness (QED) is 0.820. The van der Waals surface area contributed by atoms with Crippen LogP contribution in [0.25, 0.3) is 10.9 Å². The maximum Gasteiger partial charge on any atom is 0.415 e. The first-order chi connectivity index (χ1) is 10.6. The number of aryl methyl sites for hydroxylation is 1. The first-order valence-electron chi connectivity index (χ1n) is 6.92. The van der Waals surface area contributed by atoms with Gasteiger partial charge in [-0.1, -0.05) is 0 Å². The van der Waals surface area contributed by atoms with E-state index in [1.807, 2.05) is 18.2 Å². The fourth-order valence-electron chi connectivity index (χ4n) is 2.84. The number of benzene rings is 1. The maximum atomic E-state index is 11.9. The third-order valence-corrected chi connectivity index (χ3v) is 4.66. The zero-order valence-corrected chi connectivity index (χ0v) is 12.4. The van der Waals surface area contributed by atoms with Gasteiger partial charge in [0.1, 0.15) is 5.82 Å². The fourth-order valence-corrected chi connectivity index (χ4v) is 3.53. The molecule has 1 atom stereocenters. The molecular formula is C14H14N4O3S. The van der Waals surface area contributed by atoms with E-state index in [1.165, 1.54) is 4.90 Å². The van der Waals surface area contributed by atoms with Crippen LogP contribution in [0.2, 0.25) is 0 Å². The number of carbonyl (C=O) groups is 2.